The molecule has 0 saturated carbocycles. The first-order valence-corrected chi connectivity index (χ1v) is 8.26. The fourth-order valence-corrected chi connectivity index (χ4v) is 3.97. The second-order valence-corrected chi connectivity index (χ2v) is 6.61. The zero-order valence-corrected chi connectivity index (χ0v) is 12.7. The van der Waals surface area contributed by atoms with E-state index in [-0.39, 0.29) is 29.8 Å². The summed E-state index contributed by atoms with van der Waals surface area (Å²) >= 11 is 2.73. The minimum Gasteiger partial charge on any atom is -0.481 e. The van der Waals surface area contributed by atoms with E-state index in [1.807, 2.05) is 0 Å². The molecule has 0 aliphatic carbocycles. The molecule has 0 bridgehead atoms. The topological polar surface area (TPSA) is 79.6 Å². The number of amides is 1. The van der Waals surface area contributed by atoms with Crippen LogP contribution in [0.15, 0.2) is 10.2 Å². The number of hydrogen-bond donors (Lipinski definition) is 1. The lowest BCUT2D eigenvalue weighted by atomic mass is 10.2. The summed E-state index contributed by atoms with van der Waals surface area (Å²) in [6.07, 6.45) is -0.0454. The van der Waals surface area contributed by atoms with Gasteiger partial charge in [-0.1, -0.05) is 11.3 Å². The van der Waals surface area contributed by atoms with Crippen molar-refractivity contribution in [1.29, 1.82) is 0 Å². The number of hydrogen-bond acceptors (Lipinski definition) is 5. The van der Waals surface area contributed by atoms with E-state index < -0.39 is 5.97 Å². The van der Waals surface area contributed by atoms with Crippen LogP contribution in [0.2, 0.25) is 0 Å². The summed E-state index contributed by atoms with van der Waals surface area (Å²) in [5.41, 5.74) is 0.759. The van der Waals surface area contributed by atoms with Gasteiger partial charge in [-0.15, -0.1) is 0 Å². The van der Waals surface area contributed by atoms with Crippen molar-refractivity contribution in [2.24, 2.45) is 0 Å². The molecule has 1 unspecified atom stereocenters. The quantitative estimate of drug-likeness (QED) is 0.881. The maximum Gasteiger partial charge on any atom is 0.307 e. The van der Waals surface area contributed by atoms with Crippen LogP contribution in [0.3, 0.4) is 0 Å². The van der Waals surface area contributed by atoms with Crippen molar-refractivity contribution in [3.05, 3.63) is 20.7 Å². The van der Waals surface area contributed by atoms with E-state index in [1.54, 1.807) is 29.0 Å². The average molecular weight is 316 g/mol. The van der Waals surface area contributed by atoms with Crippen LogP contribution in [0.1, 0.15) is 12.1 Å². The molecule has 1 atom stereocenters. The van der Waals surface area contributed by atoms with Crippen LogP contribution in [0.5, 0.6) is 0 Å². The van der Waals surface area contributed by atoms with Crippen LogP contribution >= 0.6 is 23.1 Å². The lowest BCUT2D eigenvalue weighted by Crippen LogP contribution is -2.48. The molecular formula is C12H16N2O4S2. The largest absolute Gasteiger partial charge is 0.481 e. The van der Waals surface area contributed by atoms with Gasteiger partial charge in [0.25, 0.3) is 0 Å². The molecule has 1 aromatic rings. The van der Waals surface area contributed by atoms with Crippen molar-refractivity contribution >= 4 is 35.0 Å². The van der Waals surface area contributed by atoms with Crippen molar-refractivity contribution in [3.8, 4) is 0 Å². The molecule has 1 aliphatic rings. The van der Waals surface area contributed by atoms with Gasteiger partial charge in [0, 0.05) is 29.1 Å². The molecule has 20 heavy (non-hydrogen) atoms. The molecule has 1 aliphatic heterocycles. The highest BCUT2D eigenvalue weighted by Crippen LogP contribution is 2.19. The molecule has 1 N–H and O–H groups in total. The first kappa shape index (κ1) is 15.1. The Morgan fingerprint density at radius 1 is 1.50 bits per heavy atom. The molecule has 1 amide bonds. The first-order valence-electron chi connectivity index (χ1n) is 6.23. The van der Waals surface area contributed by atoms with Crippen LogP contribution < -0.4 is 4.87 Å². The third-order valence-electron chi connectivity index (χ3n) is 3.23. The van der Waals surface area contributed by atoms with Gasteiger partial charge in [-0.3, -0.25) is 19.0 Å². The number of nitrogens with zero attached hydrogens (tertiary/aromatic N) is 2. The van der Waals surface area contributed by atoms with Gasteiger partial charge in [-0.2, -0.15) is 11.8 Å². The Hall–Kier alpha value is -1.28. The Bertz CT molecular complexity index is 566. The van der Waals surface area contributed by atoms with Crippen LogP contribution in [-0.2, 0) is 16.1 Å². The van der Waals surface area contributed by atoms with Crippen LogP contribution in [0.25, 0.3) is 0 Å². The number of thiazole rings is 1. The predicted octanol–water partition coefficient (Wildman–Crippen LogP) is 0.637. The van der Waals surface area contributed by atoms with Gasteiger partial charge in [0.15, 0.2) is 0 Å². The van der Waals surface area contributed by atoms with Crippen molar-refractivity contribution in [1.82, 2.24) is 9.47 Å². The van der Waals surface area contributed by atoms with E-state index in [2.05, 4.69) is 0 Å². The van der Waals surface area contributed by atoms with Crippen LogP contribution in [0.4, 0.5) is 0 Å². The van der Waals surface area contributed by atoms with Gasteiger partial charge in [-0.25, -0.2) is 0 Å². The number of carboxylic acids is 1. The number of aliphatic carboxylic acids is 1. The van der Waals surface area contributed by atoms with E-state index in [1.165, 1.54) is 4.57 Å². The Morgan fingerprint density at radius 3 is 2.85 bits per heavy atom. The maximum absolute atomic E-state index is 12.3. The molecule has 1 aromatic heterocycles. The molecular weight excluding hydrogens is 300 g/mol. The summed E-state index contributed by atoms with van der Waals surface area (Å²) < 4.78 is 1.44. The highest BCUT2D eigenvalue weighted by Gasteiger charge is 2.29. The van der Waals surface area contributed by atoms with Gasteiger partial charge in [0.1, 0.15) is 6.54 Å². The average Bonchev–Trinajstić information content (AvgIpc) is 2.70. The van der Waals surface area contributed by atoms with E-state index >= 15 is 0 Å². The Kier molecular flexibility index (Phi) is 4.87. The van der Waals surface area contributed by atoms with Gasteiger partial charge < -0.3 is 10.0 Å². The Labute approximate surface area is 124 Å². The van der Waals surface area contributed by atoms with Crippen molar-refractivity contribution in [2.75, 3.05) is 18.1 Å². The summed E-state index contributed by atoms with van der Waals surface area (Å²) in [5, 5.41) is 10.6. The Balaban J connectivity index is 2.10. The van der Waals surface area contributed by atoms with Crippen molar-refractivity contribution in [3.63, 3.8) is 0 Å². The second kappa shape index (κ2) is 6.45. The number of aromatic nitrogens is 1. The van der Waals surface area contributed by atoms with Crippen LogP contribution in [-0.4, -0.2) is 50.5 Å². The van der Waals surface area contributed by atoms with Crippen molar-refractivity contribution < 1.29 is 14.7 Å². The monoisotopic (exact) mass is 316 g/mol. The SMILES string of the molecule is Cc1csc(=O)n1CC(=O)N1CCSCC1CC(=O)O. The molecule has 0 spiro atoms. The van der Waals surface area contributed by atoms with Gasteiger partial charge in [-0.05, 0) is 6.92 Å². The molecule has 6 nitrogen and oxygen atoms in total. The standard InChI is InChI=1S/C12H16N2O4S2/c1-8-6-20-12(18)14(8)5-10(15)13-2-3-19-7-9(13)4-11(16)17/h6,9H,2-5,7H2,1H3,(H,16,17). The number of aryl methyl sites for hydroxylation is 1. The summed E-state index contributed by atoms with van der Waals surface area (Å²) in [6.45, 7) is 2.32. The van der Waals surface area contributed by atoms with Gasteiger partial charge >= 0.3 is 10.8 Å². The first-order chi connectivity index (χ1) is 9.49. The molecule has 110 valence electrons. The fourth-order valence-electron chi connectivity index (χ4n) is 2.18. The second-order valence-electron chi connectivity index (χ2n) is 4.64. The summed E-state index contributed by atoms with van der Waals surface area (Å²) in [5.74, 6) is 0.355. The van der Waals surface area contributed by atoms with E-state index in [0.29, 0.717) is 12.3 Å². The minimum absolute atomic E-state index is 0.00501. The third-order valence-corrected chi connectivity index (χ3v) is 5.20. The molecule has 1 fully saturated rings. The van der Waals surface area contributed by atoms with Crippen molar-refractivity contribution in [2.45, 2.75) is 25.9 Å². The van der Waals surface area contributed by atoms with Crippen LogP contribution in [0, 0.1) is 6.92 Å². The number of carbonyl (C=O) groups is 2. The highest BCUT2D eigenvalue weighted by atomic mass is 32.2. The molecule has 1 saturated heterocycles. The maximum atomic E-state index is 12.3. The Morgan fingerprint density at radius 2 is 2.25 bits per heavy atom. The number of carboxylic acid groups (broad SMARTS) is 1. The van der Waals surface area contributed by atoms with E-state index in [0.717, 1.165) is 22.8 Å². The smallest absolute Gasteiger partial charge is 0.307 e. The predicted molar refractivity (Wildman–Crippen MR) is 78.4 cm³/mol. The zero-order valence-electron chi connectivity index (χ0n) is 11.1. The zero-order chi connectivity index (χ0) is 14.7. The number of rotatable bonds is 4. The molecule has 0 radical (unpaired) electrons. The summed E-state index contributed by atoms with van der Waals surface area (Å²) in [4.78, 5) is 36.3. The highest BCUT2D eigenvalue weighted by molar-refractivity contribution is 7.99. The fraction of sp³-hybridized carbons (Fsp3) is 0.583. The summed E-state index contributed by atoms with van der Waals surface area (Å²) in [6, 6.07) is -0.284. The molecule has 0 aromatic carbocycles. The molecule has 2 heterocycles. The van der Waals surface area contributed by atoms with Gasteiger partial charge in [0.2, 0.25) is 5.91 Å². The summed E-state index contributed by atoms with van der Waals surface area (Å²) in [7, 11) is 0. The minimum atomic E-state index is -0.904. The third kappa shape index (κ3) is 3.43. The molecule has 8 heteroatoms. The van der Waals surface area contributed by atoms with E-state index in [4.69, 9.17) is 5.11 Å². The normalized spacial score (nSPS) is 19.1. The van der Waals surface area contributed by atoms with E-state index in [9.17, 15) is 14.4 Å². The lowest BCUT2D eigenvalue weighted by molar-refractivity contribution is -0.140. The lowest BCUT2D eigenvalue weighted by Gasteiger charge is -2.34. The molecule has 2 rings (SSSR count). The number of carbonyl (C=O) groups excluding carboxylic acids is 1. The van der Waals surface area contributed by atoms with Gasteiger partial charge in [0.05, 0.1) is 12.5 Å². The number of thioether (sulfide) groups is 1.